The van der Waals surface area contributed by atoms with Crippen molar-refractivity contribution in [1.29, 1.82) is 0 Å². The second kappa shape index (κ2) is 8.37. The number of hydrogen-bond donors (Lipinski definition) is 0. The number of hydrogen-bond acceptors (Lipinski definition) is 6. The van der Waals surface area contributed by atoms with Gasteiger partial charge in [0.25, 0.3) is 0 Å². The summed E-state index contributed by atoms with van der Waals surface area (Å²) in [4.78, 5) is 11.3. The van der Waals surface area contributed by atoms with E-state index in [9.17, 15) is 0 Å². The van der Waals surface area contributed by atoms with Crippen LogP contribution in [0.25, 0.3) is 16.8 Å². The molecule has 0 amide bonds. The molecule has 5 heterocycles. The summed E-state index contributed by atoms with van der Waals surface area (Å²) in [5.41, 5.74) is 5.47. The second-order valence-corrected chi connectivity index (χ2v) is 9.87. The summed E-state index contributed by atoms with van der Waals surface area (Å²) in [6.07, 6.45) is 6.03. The van der Waals surface area contributed by atoms with E-state index in [0.717, 1.165) is 48.7 Å². The predicted octanol–water partition coefficient (Wildman–Crippen LogP) is 5.04. The molecule has 1 fully saturated rings. The van der Waals surface area contributed by atoms with Gasteiger partial charge in [-0.3, -0.25) is 4.98 Å². The monoisotopic (exact) mass is 472 g/mol. The largest absolute Gasteiger partial charge is 0.381 e. The molecule has 1 aromatic carbocycles. The number of rotatable bonds is 4. The zero-order valence-electron chi connectivity index (χ0n) is 20.3. The van der Waals surface area contributed by atoms with Gasteiger partial charge in [0.05, 0.1) is 39.9 Å². The van der Waals surface area contributed by atoms with Crippen LogP contribution in [0, 0.1) is 12.8 Å². The first-order chi connectivity index (χ1) is 17.0. The highest BCUT2D eigenvalue weighted by molar-refractivity contribution is 5.95. The number of aliphatic imine (C=N–C) groups is 1. The van der Waals surface area contributed by atoms with Gasteiger partial charge in [-0.2, -0.15) is 4.39 Å². The zero-order valence-corrected chi connectivity index (χ0v) is 20.3. The van der Waals surface area contributed by atoms with E-state index in [1.807, 2.05) is 20.0 Å². The Kier molecular flexibility index (Phi) is 5.29. The summed E-state index contributed by atoms with van der Waals surface area (Å²) < 4.78 is 22.9. The normalized spacial score (nSPS) is 22.9. The van der Waals surface area contributed by atoms with Crippen molar-refractivity contribution >= 4 is 17.5 Å². The van der Waals surface area contributed by atoms with Gasteiger partial charge in [-0.25, -0.2) is 9.67 Å². The molecule has 1 saturated heterocycles. The molecule has 0 aliphatic carbocycles. The topological polar surface area (TPSA) is 68.4 Å². The Hall–Kier alpha value is -3.39. The first-order valence-electron chi connectivity index (χ1n) is 12.2. The number of anilines is 1. The van der Waals surface area contributed by atoms with Crippen LogP contribution < -0.4 is 4.90 Å². The lowest BCUT2D eigenvalue weighted by Gasteiger charge is -2.47. The third-order valence-corrected chi connectivity index (χ3v) is 7.73. The highest BCUT2D eigenvalue weighted by Gasteiger charge is 2.52. The average molecular weight is 473 g/mol. The minimum absolute atomic E-state index is 0.0449. The minimum Gasteiger partial charge on any atom is -0.381 e. The highest BCUT2D eigenvalue weighted by Crippen LogP contribution is 2.56. The first kappa shape index (κ1) is 22.1. The van der Waals surface area contributed by atoms with E-state index in [-0.39, 0.29) is 6.04 Å². The molecule has 3 aliphatic rings. The number of pyridine rings is 1. The maximum absolute atomic E-state index is 15.4. The van der Waals surface area contributed by atoms with Crippen LogP contribution in [0.5, 0.6) is 0 Å². The lowest BCUT2D eigenvalue weighted by molar-refractivity contribution is 0.0558. The maximum Gasteiger partial charge on any atom is 0.220 e. The lowest BCUT2D eigenvalue weighted by atomic mass is 9.81. The van der Waals surface area contributed by atoms with Crippen LogP contribution in [-0.2, 0) is 11.8 Å². The SMILES string of the molecule is Cc1nnn(C)c1-c1cnc2c(c1)N([C@H](c1ccccc1)C1CCOCC1)C1(C)CC=NC(F)=C21. The Labute approximate surface area is 204 Å². The van der Waals surface area contributed by atoms with Gasteiger partial charge in [-0.1, -0.05) is 35.5 Å². The van der Waals surface area contributed by atoms with Crippen molar-refractivity contribution in [3.8, 4) is 11.3 Å². The van der Waals surface area contributed by atoms with E-state index < -0.39 is 11.5 Å². The van der Waals surface area contributed by atoms with Crippen LogP contribution in [0.2, 0.25) is 0 Å². The molecule has 7 nitrogen and oxygen atoms in total. The Morgan fingerprint density at radius 2 is 1.94 bits per heavy atom. The quantitative estimate of drug-likeness (QED) is 0.498. The molecule has 2 aromatic heterocycles. The molecule has 2 atom stereocenters. The van der Waals surface area contributed by atoms with Crippen LogP contribution in [0.1, 0.15) is 49.2 Å². The summed E-state index contributed by atoms with van der Waals surface area (Å²) in [5, 5.41) is 8.41. The van der Waals surface area contributed by atoms with Crippen LogP contribution in [0.15, 0.2) is 53.5 Å². The van der Waals surface area contributed by atoms with E-state index in [0.29, 0.717) is 23.6 Å². The summed E-state index contributed by atoms with van der Waals surface area (Å²) in [7, 11) is 1.88. The standard InChI is InChI=1S/C27H29FN6O/c1-17-24(33(3)32-31-17)20-15-21-23(30-16-20)22-26(28)29-12-11-27(22,2)34(21)25(18-7-5-4-6-8-18)19-9-13-35-14-10-19/h4-8,12,15-16,19,25H,9-11,13-14H2,1-3H3/t25-,27?/m1/s1. The smallest absolute Gasteiger partial charge is 0.220 e. The summed E-state index contributed by atoms with van der Waals surface area (Å²) in [6, 6.07) is 12.8. The van der Waals surface area contributed by atoms with Crippen molar-refractivity contribution in [3.63, 3.8) is 0 Å². The van der Waals surface area contributed by atoms with Crippen molar-refractivity contribution in [2.45, 2.75) is 44.7 Å². The first-order valence-corrected chi connectivity index (χ1v) is 12.2. The van der Waals surface area contributed by atoms with Crippen molar-refractivity contribution in [2.24, 2.45) is 18.0 Å². The molecule has 0 N–H and O–H groups in total. The fourth-order valence-corrected chi connectivity index (χ4v) is 6.12. The predicted molar refractivity (Wildman–Crippen MR) is 134 cm³/mol. The molecule has 6 rings (SSSR count). The van der Waals surface area contributed by atoms with Crippen LogP contribution in [-0.4, -0.2) is 44.9 Å². The Bertz CT molecular complexity index is 1310. The fraction of sp³-hybridized carbons (Fsp3) is 0.407. The number of fused-ring (bicyclic) bond motifs is 3. The Morgan fingerprint density at radius 3 is 2.66 bits per heavy atom. The maximum atomic E-state index is 15.4. The van der Waals surface area contributed by atoms with Gasteiger partial charge < -0.3 is 9.64 Å². The molecular weight excluding hydrogens is 443 g/mol. The van der Waals surface area contributed by atoms with E-state index in [1.165, 1.54) is 5.56 Å². The second-order valence-electron chi connectivity index (χ2n) is 9.87. The van der Waals surface area contributed by atoms with Gasteiger partial charge in [0.1, 0.15) is 0 Å². The average Bonchev–Trinajstić information content (AvgIpc) is 3.34. The van der Waals surface area contributed by atoms with E-state index >= 15 is 4.39 Å². The summed E-state index contributed by atoms with van der Waals surface area (Å²) in [6.45, 7) is 5.55. The number of aromatic nitrogens is 4. The third kappa shape index (κ3) is 3.42. The van der Waals surface area contributed by atoms with Crippen molar-refractivity contribution in [2.75, 3.05) is 18.1 Å². The molecule has 0 bridgehead atoms. The van der Waals surface area contributed by atoms with Gasteiger partial charge in [-0.05, 0) is 44.2 Å². The van der Waals surface area contributed by atoms with Crippen LogP contribution in [0.4, 0.5) is 10.1 Å². The van der Waals surface area contributed by atoms with E-state index in [2.05, 4.69) is 57.5 Å². The lowest BCUT2D eigenvalue weighted by Crippen LogP contribution is -2.49. The number of benzene rings is 1. The molecule has 3 aliphatic heterocycles. The molecule has 1 unspecified atom stereocenters. The van der Waals surface area contributed by atoms with Gasteiger partial charge >= 0.3 is 0 Å². The molecule has 3 aromatic rings. The third-order valence-electron chi connectivity index (χ3n) is 7.73. The molecule has 0 radical (unpaired) electrons. The Morgan fingerprint density at radius 1 is 1.17 bits per heavy atom. The van der Waals surface area contributed by atoms with E-state index in [1.54, 1.807) is 17.1 Å². The van der Waals surface area contributed by atoms with Gasteiger partial charge in [-0.15, -0.1) is 5.10 Å². The zero-order chi connectivity index (χ0) is 24.2. The van der Waals surface area contributed by atoms with Crippen LogP contribution in [0.3, 0.4) is 0 Å². The Balaban J connectivity index is 1.59. The van der Waals surface area contributed by atoms with Crippen molar-refractivity contribution in [3.05, 3.63) is 65.5 Å². The highest BCUT2D eigenvalue weighted by atomic mass is 19.1. The molecular formula is C27H29FN6O. The molecule has 8 heteroatoms. The minimum atomic E-state index is -0.599. The molecule has 35 heavy (non-hydrogen) atoms. The van der Waals surface area contributed by atoms with Gasteiger partial charge in [0, 0.05) is 44.7 Å². The fourth-order valence-electron chi connectivity index (χ4n) is 6.12. The number of ether oxygens (including phenoxy) is 1. The number of nitrogens with zero attached hydrogens (tertiary/aromatic N) is 6. The van der Waals surface area contributed by atoms with Gasteiger partial charge in [0.15, 0.2) is 0 Å². The molecule has 180 valence electrons. The van der Waals surface area contributed by atoms with Crippen LogP contribution >= 0.6 is 0 Å². The summed E-state index contributed by atoms with van der Waals surface area (Å²) in [5.74, 6) is -0.0826. The van der Waals surface area contributed by atoms with Crippen molar-refractivity contribution in [1.82, 2.24) is 20.0 Å². The van der Waals surface area contributed by atoms with Crippen molar-refractivity contribution < 1.29 is 9.13 Å². The van der Waals surface area contributed by atoms with Gasteiger partial charge in [0.2, 0.25) is 5.95 Å². The number of aryl methyl sites for hydroxylation is 2. The summed E-state index contributed by atoms with van der Waals surface area (Å²) >= 11 is 0. The molecule has 0 spiro atoms. The molecule has 0 saturated carbocycles. The van der Waals surface area contributed by atoms with E-state index in [4.69, 9.17) is 9.72 Å². The number of halogens is 1.